The molecule has 4 nitrogen and oxygen atoms in total. The molecule has 0 aliphatic carbocycles. The van der Waals surface area contributed by atoms with Crippen molar-refractivity contribution >= 4 is 0 Å². The molecule has 17 heavy (non-hydrogen) atoms. The van der Waals surface area contributed by atoms with E-state index in [4.69, 9.17) is 4.74 Å². The summed E-state index contributed by atoms with van der Waals surface area (Å²) in [6, 6.07) is 0. The van der Waals surface area contributed by atoms with Crippen LogP contribution in [0.25, 0.3) is 0 Å². The van der Waals surface area contributed by atoms with Crippen LogP contribution >= 0.6 is 0 Å². The Labute approximate surface area is 105 Å². The van der Waals surface area contributed by atoms with Crippen LogP contribution in [0.15, 0.2) is 0 Å². The molecule has 0 spiro atoms. The lowest BCUT2D eigenvalue weighted by Crippen LogP contribution is -2.46. The number of hydrogen-bond acceptors (Lipinski definition) is 4. The monoisotopic (exact) mass is 241 g/mol. The van der Waals surface area contributed by atoms with E-state index >= 15 is 0 Å². The maximum Gasteiger partial charge on any atom is 0.0706 e. The predicted octanol–water partition coefficient (Wildman–Crippen LogP) is 0.391. The third kappa shape index (κ3) is 4.54. The first-order valence-corrected chi connectivity index (χ1v) is 7.01. The molecule has 2 fully saturated rings. The molecule has 2 saturated heterocycles. The Hall–Kier alpha value is -0.160. The van der Waals surface area contributed by atoms with Crippen LogP contribution in [-0.4, -0.2) is 74.9 Å². The second-order valence-corrected chi connectivity index (χ2v) is 5.50. The van der Waals surface area contributed by atoms with E-state index in [-0.39, 0.29) is 0 Å². The topological polar surface area (TPSA) is 27.7 Å². The number of hydrogen-bond donors (Lipinski definition) is 1. The molecule has 2 atom stereocenters. The van der Waals surface area contributed by atoms with E-state index in [1.165, 1.54) is 32.5 Å². The molecule has 0 aromatic rings. The van der Waals surface area contributed by atoms with Crippen molar-refractivity contribution in [1.29, 1.82) is 0 Å². The van der Waals surface area contributed by atoms with Gasteiger partial charge in [-0.25, -0.2) is 0 Å². The van der Waals surface area contributed by atoms with Gasteiger partial charge in [-0.1, -0.05) is 0 Å². The van der Waals surface area contributed by atoms with Gasteiger partial charge in [0.05, 0.1) is 12.2 Å². The van der Waals surface area contributed by atoms with E-state index in [1.807, 2.05) is 0 Å². The van der Waals surface area contributed by atoms with Gasteiger partial charge in [-0.2, -0.15) is 0 Å². The fourth-order valence-electron chi connectivity index (χ4n) is 2.71. The average Bonchev–Trinajstić information content (AvgIpc) is 2.73. The summed E-state index contributed by atoms with van der Waals surface area (Å²) >= 11 is 0. The molecular formula is C13H27N3O. The quantitative estimate of drug-likeness (QED) is 0.754. The molecule has 100 valence electrons. The summed E-state index contributed by atoms with van der Waals surface area (Å²) in [6.07, 6.45) is 3.41. The fraction of sp³-hybridized carbons (Fsp3) is 1.00. The Morgan fingerprint density at radius 3 is 2.71 bits per heavy atom. The van der Waals surface area contributed by atoms with Crippen LogP contribution in [0.3, 0.4) is 0 Å². The van der Waals surface area contributed by atoms with Crippen LogP contribution in [0.4, 0.5) is 0 Å². The molecule has 0 saturated carbocycles. The van der Waals surface area contributed by atoms with Crippen LogP contribution in [0.5, 0.6) is 0 Å². The van der Waals surface area contributed by atoms with E-state index < -0.39 is 0 Å². The van der Waals surface area contributed by atoms with Crippen molar-refractivity contribution in [2.75, 3.05) is 52.9 Å². The largest absolute Gasteiger partial charge is 0.374 e. The van der Waals surface area contributed by atoms with Crippen molar-refractivity contribution in [3.8, 4) is 0 Å². The van der Waals surface area contributed by atoms with Gasteiger partial charge in [0.15, 0.2) is 0 Å². The number of likely N-dealkylation sites (N-methyl/N-ethyl adjacent to an activating group) is 1. The maximum atomic E-state index is 5.86. The number of nitrogens with one attached hydrogen (secondary N) is 1. The molecule has 2 aliphatic heterocycles. The number of rotatable bonds is 5. The van der Waals surface area contributed by atoms with Crippen molar-refractivity contribution in [1.82, 2.24) is 15.1 Å². The molecule has 2 aliphatic rings. The molecule has 0 aromatic carbocycles. The van der Waals surface area contributed by atoms with Gasteiger partial charge in [-0.05, 0) is 26.8 Å². The highest BCUT2D eigenvalue weighted by molar-refractivity contribution is 4.74. The Bertz CT molecular complexity index is 219. The molecule has 0 amide bonds. The third-order valence-electron chi connectivity index (χ3n) is 3.84. The summed E-state index contributed by atoms with van der Waals surface area (Å²) in [5, 5.41) is 3.39. The van der Waals surface area contributed by atoms with Crippen LogP contribution in [-0.2, 0) is 4.74 Å². The lowest BCUT2D eigenvalue weighted by atomic mass is 10.2. The SMILES string of the molecule is CC1CCC(CN(C)CCN2CCNCC2)O1. The first-order valence-electron chi connectivity index (χ1n) is 7.01. The maximum absolute atomic E-state index is 5.86. The van der Waals surface area contributed by atoms with Crippen molar-refractivity contribution in [2.45, 2.75) is 32.0 Å². The number of nitrogens with zero attached hydrogens (tertiary/aromatic N) is 2. The van der Waals surface area contributed by atoms with Crippen molar-refractivity contribution in [2.24, 2.45) is 0 Å². The number of ether oxygens (including phenoxy) is 1. The molecule has 1 N–H and O–H groups in total. The van der Waals surface area contributed by atoms with Gasteiger partial charge in [0, 0.05) is 45.8 Å². The van der Waals surface area contributed by atoms with Gasteiger partial charge < -0.3 is 15.0 Å². The third-order valence-corrected chi connectivity index (χ3v) is 3.84. The molecule has 0 radical (unpaired) electrons. The summed E-state index contributed by atoms with van der Waals surface area (Å²) in [5.41, 5.74) is 0. The van der Waals surface area contributed by atoms with Gasteiger partial charge in [0.1, 0.15) is 0 Å². The van der Waals surface area contributed by atoms with Crippen LogP contribution < -0.4 is 5.32 Å². The van der Waals surface area contributed by atoms with Gasteiger partial charge in [0.25, 0.3) is 0 Å². The van der Waals surface area contributed by atoms with E-state index in [1.54, 1.807) is 0 Å². The smallest absolute Gasteiger partial charge is 0.0706 e. The van der Waals surface area contributed by atoms with Crippen LogP contribution in [0.2, 0.25) is 0 Å². The average molecular weight is 241 g/mol. The summed E-state index contributed by atoms with van der Waals surface area (Å²) in [4.78, 5) is 4.97. The van der Waals surface area contributed by atoms with Gasteiger partial charge >= 0.3 is 0 Å². The highest BCUT2D eigenvalue weighted by Gasteiger charge is 2.22. The fourth-order valence-corrected chi connectivity index (χ4v) is 2.71. The molecular weight excluding hydrogens is 214 g/mol. The lowest BCUT2D eigenvalue weighted by molar-refractivity contribution is 0.0346. The lowest BCUT2D eigenvalue weighted by Gasteiger charge is -2.29. The second-order valence-electron chi connectivity index (χ2n) is 5.50. The van der Waals surface area contributed by atoms with Crippen LogP contribution in [0.1, 0.15) is 19.8 Å². The van der Waals surface area contributed by atoms with Gasteiger partial charge in [-0.3, -0.25) is 4.90 Å². The van der Waals surface area contributed by atoms with Crippen LogP contribution in [0, 0.1) is 0 Å². The van der Waals surface area contributed by atoms with Crippen molar-refractivity contribution in [3.63, 3.8) is 0 Å². The van der Waals surface area contributed by atoms with E-state index in [0.717, 1.165) is 26.2 Å². The Kier molecular flexibility index (Phi) is 5.22. The summed E-state index contributed by atoms with van der Waals surface area (Å²) in [7, 11) is 2.22. The Balaban J connectivity index is 1.58. The number of piperazine rings is 1. The van der Waals surface area contributed by atoms with E-state index in [2.05, 4.69) is 29.1 Å². The Morgan fingerprint density at radius 2 is 2.06 bits per heavy atom. The van der Waals surface area contributed by atoms with Gasteiger partial charge in [-0.15, -0.1) is 0 Å². The van der Waals surface area contributed by atoms with E-state index in [0.29, 0.717) is 12.2 Å². The zero-order valence-corrected chi connectivity index (χ0v) is 11.3. The second kappa shape index (κ2) is 6.69. The van der Waals surface area contributed by atoms with Crippen molar-refractivity contribution in [3.05, 3.63) is 0 Å². The van der Waals surface area contributed by atoms with E-state index in [9.17, 15) is 0 Å². The zero-order chi connectivity index (χ0) is 12.1. The standard InChI is InChI=1S/C13H27N3O/c1-12-3-4-13(17-12)11-15(2)9-10-16-7-5-14-6-8-16/h12-14H,3-11H2,1-2H3. The highest BCUT2D eigenvalue weighted by atomic mass is 16.5. The molecule has 2 heterocycles. The minimum Gasteiger partial charge on any atom is -0.374 e. The molecule has 2 unspecified atom stereocenters. The molecule has 0 aromatic heterocycles. The summed E-state index contributed by atoms with van der Waals surface area (Å²) < 4.78 is 5.86. The van der Waals surface area contributed by atoms with Crippen molar-refractivity contribution < 1.29 is 4.74 Å². The Morgan fingerprint density at radius 1 is 1.29 bits per heavy atom. The first-order chi connectivity index (χ1) is 8.24. The predicted molar refractivity (Wildman–Crippen MR) is 70.4 cm³/mol. The molecule has 2 rings (SSSR count). The zero-order valence-electron chi connectivity index (χ0n) is 11.3. The minimum atomic E-state index is 0.470. The van der Waals surface area contributed by atoms with Gasteiger partial charge in [0.2, 0.25) is 0 Å². The highest BCUT2D eigenvalue weighted by Crippen LogP contribution is 2.19. The summed E-state index contributed by atoms with van der Waals surface area (Å²) in [6.45, 7) is 10.3. The normalized spacial score (nSPS) is 31.2. The molecule has 4 heteroatoms. The minimum absolute atomic E-state index is 0.470. The first kappa shape index (κ1) is 13.3. The summed E-state index contributed by atoms with van der Waals surface area (Å²) in [5.74, 6) is 0. The molecule has 0 bridgehead atoms.